The highest BCUT2D eigenvalue weighted by Crippen LogP contribution is 2.34. The third-order valence-electron chi connectivity index (χ3n) is 4.00. The number of ketones is 1. The number of rotatable bonds is 7. The Morgan fingerprint density at radius 1 is 1.16 bits per heavy atom. The summed E-state index contributed by atoms with van der Waals surface area (Å²) < 4.78 is 7.38. The maximum atomic E-state index is 11.4. The highest BCUT2D eigenvalue weighted by molar-refractivity contribution is 9.11. The molecule has 0 aliphatic rings. The number of hydrogen-bond acceptors (Lipinski definition) is 3. The summed E-state index contributed by atoms with van der Waals surface area (Å²) in [4.78, 5) is 11.4. The minimum atomic E-state index is 0.0710. The van der Waals surface area contributed by atoms with Gasteiger partial charge in [-0.3, -0.25) is 4.79 Å². The van der Waals surface area contributed by atoms with Crippen LogP contribution in [0.25, 0.3) is 0 Å². The van der Waals surface area contributed by atoms with Gasteiger partial charge in [-0.05, 0) is 47.2 Å². The molecule has 0 spiro atoms. The molecule has 0 aliphatic carbocycles. The molecular formula is C20H22Br2O3. The van der Waals surface area contributed by atoms with Crippen molar-refractivity contribution in [3.05, 3.63) is 56.0 Å². The highest BCUT2D eigenvalue weighted by Gasteiger charge is 2.12. The second-order valence-electron chi connectivity index (χ2n) is 6.27. The Morgan fingerprint density at radius 2 is 1.80 bits per heavy atom. The summed E-state index contributed by atoms with van der Waals surface area (Å²) in [5.74, 6) is 1.32. The minimum Gasteiger partial charge on any atom is -0.508 e. The van der Waals surface area contributed by atoms with Gasteiger partial charge in [0.2, 0.25) is 0 Å². The highest BCUT2D eigenvalue weighted by atomic mass is 79.9. The van der Waals surface area contributed by atoms with Crippen molar-refractivity contribution >= 4 is 37.6 Å². The van der Waals surface area contributed by atoms with Crippen molar-refractivity contribution in [1.82, 2.24) is 0 Å². The van der Waals surface area contributed by atoms with E-state index in [4.69, 9.17) is 4.74 Å². The average Bonchev–Trinajstić information content (AvgIpc) is 2.57. The quantitative estimate of drug-likeness (QED) is 0.541. The van der Waals surface area contributed by atoms with E-state index in [1.807, 2.05) is 31.2 Å². The van der Waals surface area contributed by atoms with Crippen LogP contribution in [0.15, 0.2) is 39.3 Å². The van der Waals surface area contributed by atoms with E-state index < -0.39 is 0 Å². The lowest BCUT2D eigenvalue weighted by Crippen LogP contribution is -2.09. The molecule has 0 fully saturated rings. The Kier molecular flexibility index (Phi) is 7.08. The maximum Gasteiger partial charge on any atom is 0.169 e. The maximum absolute atomic E-state index is 11.4. The normalized spacial score (nSPS) is 11.0. The zero-order chi connectivity index (χ0) is 18.6. The van der Waals surface area contributed by atoms with Crippen LogP contribution in [0.1, 0.15) is 49.8 Å². The second-order valence-corrected chi connectivity index (χ2v) is 7.98. The molecular weight excluding hydrogens is 448 g/mol. The molecule has 1 N–H and O–H groups in total. The summed E-state index contributed by atoms with van der Waals surface area (Å²) in [6.07, 6.45) is 1.19. The summed E-state index contributed by atoms with van der Waals surface area (Å²) in [7, 11) is 0. The number of phenols is 1. The van der Waals surface area contributed by atoms with E-state index >= 15 is 0 Å². The molecule has 0 amide bonds. The van der Waals surface area contributed by atoms with Crippen LogP contribution in [0.5, 0.6) is 11.5 Å². The summed E-state index contributed by atoms with van der Waals surface area (Å²) in [6, 6.07) is 9.49. The molecule has 0 bridgehead atoms. The van der Waals surface area contributed by atoms with Gasteiger partial charge in [0.15, 0.2) is 5.78 Å². The summed E-state index contributed by atoms with van der Waals surface area (Å²) >= 11 is 7.19. The Balaban J connectivity index is 2.23. The topological polar surface area (TPSA) is 46.5 Å². The van der Waals surface area contributed by atoms with Gasteiger partial charge in [-0.1, -0.05) is 64.8 Å². The molecule has 0 aromatic heterocycles. The Morgan fingerprint density at radius 3 is 2.36 bits per heavy atom. The minimum absolute atomic E-state index is 0.0710. The number of carbonyl (C=O) groups excluding carboxylic acids is 1. The third-order valence-corrected chi connectivity index (χ3v) is 5.42. The van der Waals surface area contributed by atoms with E-state index in [0.29, 0.717) is 17.9 Å². The van der Waals surface area contributed by atoms with Crippen LogP contribution in [0, 0.1) is 0 Å². The molecule has 0 saturated heterocycles. The molecule has 0 heterocycles. The second kappa shape index (κ2) is 8.86. The predicted molar refractivity (Wildman–Crippen MR) is 108 cm³/mol. The third kappa shape index (κ3) is 5.32. The van der Waals surface area contributed by atoms with Crippen molar-refractivity contribution in [2.24, 2.45) is 0 Å². The Hall–Kier alpha value is -1.33. The van der Waals surface area contributed by atoms with Crippen molar-refractivity contribution in [3.8, 4) is 11.5 Å². The lowest BCUT2D eigenvalue weighted by molar-refractivity contribution is -0.120. The number of Topliss-reactive ketones (excluding diaryl/α,β-unsaturated/α-hetero) is 1. The first-order chi connectivity index (χ1) is 11.8. The molecule has 25 heavy (non-hydrogen) atoms. The van der Waals surface area contributed by atoms with Crippen molar-refractivity contribution in [3.63, 3.8) is 0 Å². The lowest BCUT2D eigenvalue weighted by atomic mass is 9.96. The fourth-order valence-corrected chi connectivity index (χ4v) is 3.90. The molecule has 0 radical (unpaired) electrons. The first kappa shape index (κ1) is 20.0. The van der Waals surface area contributed by atoms with Gasteiger partial charge < -0.3 is 9.84 Å². The predicted octanol–water partition coefficient (Wildman–Crippen LogP) is 5.99. The standard InChI is InChI=1S/C20H22Br2O3/c1-4-14(23)11-25-15-9-18(21)17(19(22)10-15)8-13-5-6-20(24)16(7-13)12(2)3/h5-7,9-10,12,24H,4,8,11H2,1-3H3. The summed E-state index contributed by atoms with van der Waals surface area (Å²) in [5.41, 5.74) is 3.16. The zero-order valence-corrected chi connectivity index (χ0v) is 17.8. The van der Waals surface area contributed by atoms with Gasteiger partial charge in [0.05, 0.1) is 0 Å². The average molecular weight is 470 g/mol. The van der Waals surface area contributed by atoms with Crippen LogP contribution in [0.4, 0.5) is 0 Å². The molecule has 0 aliphatic heterocycles. The van der Waals surface area contributed by atoms with Crippen LogP contribution >= 0.6 is 31.9 Å². The summed E-state index contributed by atoms with van der Waals surface area (Å²) in [5, 5.41) is 9.98. The number of carbonyl (C=O) groups is 1. The van der Waals surface area contributed by atoms with Crippen LogP contribution in [-0.4, -0.2) is 17.5 Å². The van der Waals surface area contributed by atoms with E-state index in [1.165, 1.54) is 0 Å². The van der Waals surface area contributed by atoms with Crippen molar-refractivity contribution < 1.29 is 14.6 Å². The lowest BCUT2D eigenvalue weighted by Gasteiger charge is -2.14. The van der Waals surface area contributed by atoms with Crippen molar-refractivity contribution in [2.75, 3.05) is 6.61 Å². The number of halogens is 2. The van der Waals surface area contributed by atoms with Gasteiger partial charge in [0.25, 0.3) is 0 Å². The van der Waals surface area contributed by atoms with E-state index in [-0.39, 0.29) is 18.3 Å². The van der Waals surface area contributed by atoms with Gasteiger partial charge in [-0.2, -0.15) is 0 Å². The van der Waals surface area contributed by atoms with Crippen molar-refractivity contribution in [1.29, 1.82) is 0 Å². The number of hydrogen-bond donors (Lipinski definition) is 1. The van der Waals surface area contributed by atoms with Crippen molar-refractivity contribution in [2.45, 2.75) is 39.5 Å². The summed E-state index contributed by atoms with van der Waals surface area (Å²) in [6.45, 7) is 6.04. The van der Waals surface area contributed by atoms with Gasteiger partial charge in [-0.15, -0.1) is 0 Å². The molecule has 0 saturated carbocycles. The Bertz CT molecular complexity index is 747. The van der Waals surface area contributed by atoms with E-state index in [2.05, 4.69) is 45.7 Å². The number of aromatic hydroxyl groups is 1. The number of ether oxygens (including phenoxy) is 1. The van der Waals surface area contributed by atoms with Gasteiger partial charge in [0.1, 0.15) is 18.1 Å². The molecule has 2 rings (SSSR count). The fraction of sp³-hybridized carbons (Fsp3) is 0.350. The van der Waals surface area contributed by atoms with Crippen LogP contribution in [0.3, 0.4) is 0 Å². The molecule has 134 valence electrons. The van der Waals surface area contributed by atoms with E-state index in [0.717, 1.165) is 32.1 Å². The first-order valence-electron chi connectivity index (χ1n) is 8.26. The smallest absolute Gasteiger partial charge is 0.169 e. The fourth-order valence-electron chi connectivity index (χ4n) is 2.48. The zero-order valence-electron chi connectivity index (χ0n) is 14.6. The molecule has 3 nitrogen and oxygen atoms in total. The monoisotopic (exact) mass is 468 g/mol. The van der Waals surface area contributed by atoms with Gasteiger partial charge in [0, 0.05) is 15.4 Å². The largest absolute Gasteiger partial charge is 0.508 e. The van der Waals surface area contributed by atoms with Crippen LogP contribution in [0.2, 0.25) is 0 Å². The number of phenolic OH excluding ortho intramolecular Hbond substituents is 1. The van der Waals surface area contributed by atoms with Gasteiger partial charge in [-0.25, -0.2) is 0 Å². The molecule has 0 atom stereocenters. The van der Waals surface area contributed by atoms with E-state index in [9.17, 15) is 9.90 Å². The molecule has 5 heteroatoms. The van der Waals surface area contributed by atoms with E-state index in [1.54, 1.807) is 6.07 Å². The molecule has 2 aromatic carbocycles. The molecule has 0 unspecified atom stereocenters. The van der Waals surface area contributed by atoms with Gasteiger partial charge >= 0.3 is 0 Å². The molecule has 2 aromatic rings. The van der Waals surface area contributed by atoms with Crippen LogP contribution < -0.4 is 4.74 Å². The Labute approximate surface area is 165 Å². The number of benzene rings is 2. The van der Waals surface area contributed by atoms with Crippen LogP contribution in [-0.2, 0) is 11.2 Å². The SMILES string of the molecule is CCC(=O)COc1cc(Br)c(Cc2ccc(O)c(C(C)C)c2)c(Br)c1. The first-order valence-corrected chi connectivity index (χ1v) is 9.84.